The van der Waals surface area contributed by atoms with Crippen LogP contribution < -0.4 is 5.32 Å². The Bertz CT molecular complexity index is 295. The van der Waals surface area contributed by atoms with E-state index in [0.29, 0.717) is 5.92 Å². The van der Waals surface area contributed by atoms with Crippen molar-refractivity contribution in [1.82, 2.24) is 10.3 Å². The Morgan fingerprint density at radius 1 is 1.50 bits per heavy atom. The Hall–Kier alpha value is -1.38. The van der Waals surface area contributed by atoms with Crippen LogP contribution in [0, 0.1) is 5.92 Å². The molecule has 0 aliphatic rings. The molecule has 1 aromatic rings. The summed E-state index contributed by atoms with van der Waals surface area (Å²) in [4.78, 5) is 15.0. The Balaban J connectivity index is 2.83. The smallest absolute Gasteiger partial charge is 0.217 e. The lowest BCUT2D eigenvalue weighted by atomic mass is 9.97. The maximum atomic E-state index is 11.0. The van der Waals surface area contributed by atoms with Crippen LogP contribution in [0.15, 0.2) is 24.5 Å². The summed E-state index contributed by atoms with van der Waals surface area (Å²) in [6.45, 7) is 5.69. The molecule has 0 radical (unpaired) electrons. The maximum absolute atomic E-state index is 11.0. The van der Waals surface area contributed by atoms with E-state index < -0.39 is 0 Å². The van der Waals surface area contributed by atoms with E-state index in [2.05, 4.69) is 24.1 Å². The van der Waals surface area contributed by atoms with Crippen molar-refractivity contribution in [3.63, 3.8) is 0 Å². The lowest BCUT2D eigenvalue weighted by molar-refractivity contribution is -0.120. The van der Waals surface area contributed by atoms with Crippen molar-refractivity contribution in [2.75, 3.05) is 0 Å². The molecule has 76 valence electrons. The molecular formula is C11H16N2O. The summed E-state index contributed by atoms with van der Waals surface area (Å²) in [5.41, 5.74) is 1.05. The molecule has 0 unspecified atom stereocenters. The topological polar surface area (TPSA) is 42.0 Å². The molecule has 1 rings (SSSR count). The van der Waals surface area contributed by atoms with Crippen LogP contribution in [0.25, 0.3) is 0 Å². The lowest BCUT2D eigenvalue weighted by Gasteiger charge is -2.21. The number of pyridine rings is 1. The SMILES string of the molecule is CC(=O)N[C@H](c1cccnc1)C(C)C. The molecule has 0 aliphatic heterocycles. The minimum absolute atomic E-state index is 0.00690. The number of hydrogen-bond donors (Lipinski definition) is 1. The first-order valence-corrected chi connectivity index (χ1v) is 4.78. The van der Waals surface area contributed by atoms with Gasteiger partial charge in [-0.3, -0.25) is 9.78 Å². The second kappa shape index (κ2) is 4.74. The first-order valence-electron chi connectivity index (χ1n) is 4.78. The van der Waals surface area contributed by atoms with Crippen molar-refractivity contribution in [2.24, 2.45) is 5.92 Å². The number of amides is 1. The molecule has 0 aromatic carbocycles. The predicted molar refractivity (Wildman–Crippen MR) is 55.6 cm³/mol. The van der Waals surface area contributed by atoms with Gasteiger partial charge < -0.3 is 5.32 Å². The minimum atomic E-state index is -0.00690. The van der Waals surface area contributed by atoms with Crippen LogP contribution in [0.2, 0.25) is 0 Å². The number of carbonyl (C=O) groups is 1. The van der Waals surface area contributed by atoms with Crippen molar-refractivity contribution >= 4 is 5.91 Å². The number of aromatic nitrogens is 1. The van der Waals surface area contributed by atoms with Crippen LogP contribution in [0.4, 0.5) is 0 Å². The highest BCUT2D eigenvalue weighted by Gasteiger charge is 2.16. The summed E-state index contributed by atoms with van der Waals surface area (Å²) >= 11 is 0. The van der Waals surface area contributed by atoms with Gasteiger partial charge in [-0.15, -0.1) is 0 Å². The van der Waals surface area contributed by atoms with E-state index in [4.69, 9.17) is 0 Å². The molecule has 1 N–H and O–H groups in total. The minimum Gasteiger partial charge on any atom is -0.349 e. The molecule has 0 saturated heterocycles. The fourth-order valence-electron chi connectivity index (χ4n) is 1.41. The lowest BCUT2D eigenvalue weighted by Crippen LogP contribution is -2.29. The Kier molecular flexibility index (Phi) is 3.63. The third-order valence-corrected chi connectivity index (χ3v) is 2.07. The van der Waals surface area contributed by atoms with Gasteiger partial charge in [-0.1, -0.05) is 19.9 Å². The van der Waals surface area contributed by atoms with E-state index in [1.54, 1.807) is 12.4 Å². The molecular weight excluding hydrogens is 176 g/mol. The molecule has 0 saturated carbocycles. The number of nitrogens with one attached hydrogen (secondary N) is 1. The van der Waals surface area contributed by atoms with Gasteiger partial charge in [-0.05, 0) is 17.5 Å². The van der Waals surface area contributed by atoms with Crippen LogP contribution in [-0.4, -0.2) is 10.9 Å². The van der Waals surface area contributed by atoms with Crippen molar-refractivity contribution in [3.05, 3.63) is 30.1 Å². The molecule has 1 amide bonds. The Morgan fingerprint density at radius 2 is 2.21 bits per heavy atom. The van der Waals surface area contributed by atoms with Gasteiger partial charge >= 0.3 is 0 Å². The van der Waals surface area contributed by atoms with Crippen LogP contribution >= 0.6 is 0 Å². The van der Waals surface area contributed by atoms with Gasteiger partial charge in [0.1, 0.15) is 0 Å². The van der Waals surface area contributed by atoms with Crippen LogP contribution in [0.3, 0.4) is 0 Å². The fraction of sp³-hybridized carbons (Fsp3) is 0.455. The highest BCUT2D eigenvalue weighted by molar-refractivity contribution is 5.73. The second-order valence-corrected chi connectivity index (χ2v) is 3.71. The zero-order valence-corrected chi connectivity index (χ0v) is 8.82. The highest BCUT2D eigenvalue weighted by Crippen LogP contribution is 2.20. The molecule has 0 bridgehead atoms. The molecule has 1 atom stereocenters. The third kappa shape index (κ3) is 2.83. The maximum Gasteiger partial charge on any atom is 0.217 e. The first-order chi connectivity index (χ1) is 6.61. The Labute approximate surface area is 84.6 Å². The van der Waals surface area contributed by atoms with Gasteiger partial charge in [0.2, 0.25) is 5.91 Å². The summed E-state index contributed by atoms with van der Waals surface area (Å²) < 4.78 is 0. The van der Waals surface area contributed by atoms with E-state index in [0.717, 1.165) is 5.56 Å². The molecule has 3 heteroatoms. The third-order valence-electron chi connectivity index (χ3n) is 2.07. The zero-order valence-electron chi connectivity index (χ0n) is 8.82. The molecule has 1 aromatic heterocycles. The van der Waals surface area contributed by atoms with Crippen molar-refractivity contribution in [1.29, 1.82) is 0 Å². The number of nitrogens with zero attached hydrogens (tertiary/aromatic N) is 1. The van der Waals surface area contributed by atoms with Crippen molar-refractivity contribution in [2.45, 2.75) is 26.8 Å². The average Bonchev–Trinajstić information content (AvgIpc) is 2.15. The molecule has 0 spiro atoms. The summed E-state index contributed by atoms with van der Waals surface area (Å²) in [6.07, 6.45) is 3.52. The molecule has 3 nitrogen and oxygen atoms in total. The largest absolute Gasteiger partial charge is 0.349 e. The van der Waals surface area contributed by atoms with Crippen molar-refractivity contribution < 1.29 is 4.79 Å². The summed E-state index contributed by atoms with van der Waals surface area (Å²) in [5.74, 6) is 0.357. The van der Waals surface area contributed by atoms with E-state index in [9.17, 15) is 4.79 Å². The van der Waals surface area contributed by atoms with E-state index >= 15 is 0 Å². The number of hydrogen-bond acceptors (Lipinski definition) is 2. The summed E-state index contributed by atoms with van der Waals surface area (Å²) in [5, 5.41) is 2.92. The van der Waals surface area contributed by atoms with E-state index in [1.807, 2.05) is 12.1 Å². The molecule has 0 fully saturated rings. The van der Waals surface area contributed by atoms with Crippen LogP contribution in [-0.2, 0) is 4.79 Å². The van der Waals surface area contributed by atoms with Gasteiger partial charge in [0.15, 0.2) is 0 Å². The summed E-state index contributed by atoms with van der Waals surface area (Å²) in [6, 6.07) is 3.92. The number of rotatable bonds is 3. The van der Waals surface area contributed by atoms with Gasteiger partial charge in [0, 0.05) is 19.3 Å². The number of carbonyl (C=O) groups excluding carboxylic acids is 1. The second-order valence-electron chi connectivity index (χ2n) is 3.71. The van der Waals surface area contributed by atoms with Crippen LogP contribution in [0.5, 0.6) is 0 Å². The first kappa shape index (κ1) is 10.7. The zero-order chi connectivity index (χ0) is 10.6. The van der Waals surface area contributed by atoms with Gasteiger partial charge in [-0.2, -0.15) is 0 Å². The molecule has 1 heterocycles. The predicted octanol–water partition coefficient (Wildman–Crippen LogP) is 1.91. The highest BCUT2D eigenvalue weighted by atomic mass is 16.1. The van der Waals surface area contributed by atoms with Gasteiger partial charge in [-0.25, -0.2) is 0 Å². The monoisotopic (exact) mass is 192 g/mol. The molecule has 0 aliphatic carbocycles. The fourth-order valence-corrected chi connectivity index (χ4v) is 1.41. The van der Waals surface area contributed by atoms with Gasteiger partial charge in [0.25, 0.3) is 0 Å². The quantitative estimate of drug-likeness (QED) is 0.795. The molecule has 14 heavy (non-hydrogen) atoms. The normalized spacial score (nSPS) is 12.6. The Morgan fingerprint density at radius 3 is 2.64 bits per heavy atom. The van der Waals surface area contributed by atoms with Crippen molar-refractivity contribution in [3.8, 4) is 0 Å². The van der Waals surface area contributed by atoms with Gasteiger partial charge in [0.05, 0.1) is 6.04 Å². The van der Waals surface area contributed by atoms with E-state index in [1.165, 1.54) is 6.92 Å². The van der Waals surface area contributed by atoms with E-state index in [-0.39, 0.29) is 11.9 Å². The standard InChI is InChI=1S/C11H16N2O/c1-8(2)11(13-9(3)14)10-5-4-6-12-7-10/h4-8,11H,1-3H3,(H,13,14)/t11-/m0/s1. The summed E-state index contributed by atoms with van der Waals surface area (Å²) in [7, 11) is 0. The average molecular weight is 192 g/mol. The van der Waals surface area contributed by atoms with Crippen LogP contribution in [0.1, 0.15) is 32.4 Å².